The van der Waals surface area contributed by atoms with Gasteiger partial charge in [0.15, 0.2) is 0 Å². The van der Waals surface area contributed by atoms with E-state index in [4.69, 9.17) is 4.74 Å². The SMILES string of the molecule is O=C(CNC(=O)c1cccc(C(F)(F)F)c1)N[C@@H]1CCN(CC(=O)N2CCN(C(=O)OCc3ccccc3)CC2)C1. The highest BCUT2D eigenvalue weighted by Crippen LogP contribution is 2.29. The number of likely N-dealkylation sites (tertiary alicyclic amines) is 1. The van der Waals surface area contributed by atoms with Crippen LogP contribution in [0.25, 0.3) is 0 Å². The van der Waals surface area contributed by atoms with Gasteiger partial charge in [-0.2, -0.15) is 13.2 Å². The van der Waals surface area contributed by atoms with Crippen molar-refractivity contribution in [1.29, 1.82) is 0 Å². The second kappa shape index (κ2) is 13.5. The molecule has 0 saturated carbocycles. The summed E-state index contributed by atoms with van der Waals surface area (Å²) in [7, 11) is 0. The minimum absolute atomic E-state index is 0.0670. The smallest absolute Gasteiger partial charge is 0.416 e. The van der Waals surface area contributed by atoms with Gasteiger partial charge in [0.2, 0.25) is 11.8 Å². The Morgan fingerprint density at radius 3 is 2.32 bits per heavy atom. The zero-order valence-corrected chi connectivity index (χ0v) is 22.4. The van der Waals surface area contributed by atoms with Crippen molar-refractivity contribution >= 4 is 23.8 Å². The Hall–Kier alpha value is -4.13. The van der Waals surface area contributed by atoms with Crippen molar-refractivity contribution in [3.05, 3.63) is 71.3 Å². The topological polar surface area (TPSA) is 111 Å². The van der Waals surface area contributed by atoms with E-state index in [0.717, 1.165) is 23.8 Å². The number of carbonyl (C=O) groups is 4. The molecule has 2 aliphatic rings. The number of piperazine rings is 1. The molecule has 2 aromatic carbocycles. The average Bonchev–Trinajstić information content (AvgIpc) is 3.41. The number of nitrogens with zero attached hydrogens (tertiary/aromatic N) is 3. The number of halogens is 3. The zero-order chi connectivity index (χ0) is 29.4. The monoisotopic (exact) mass is 575 g/mol. The van der Waals surface area contributed by atoms with Crippen molar-refractivity contribution in [3.8, 4) is 0 Å². The molecule has 2 aromatic rings. The third-order valence-electron chi connectivity index (χ3n) is 6.95. The molecule has 2 aliphatic heterocycles. The normalized spacial score (nSPS) is 17.7. The highest BCUT2D eigenvalue weighted by Gasteiger charge is 2.31. The Morgan fingerprint density at radius 2 is 1.61 bits per heavy atom. The van der Waals surface area contributed by atoms with Crippen LogP contribution in [-0.2, 0) is 27.1 Å². The molecular formula is C28H32F3N5O5. The Bertz CT molecular complexity index is 1240. The summed E-state index contributed by atoms with van der Waals surface area (Å²) >= 11 is 0. The number of ether oxygens (including phenoxy) is 1. The summed E-state index contributed by atoms with van der Waals surface area (Å²) < 4.78 is 44.0. The number of rotatable bonds is 8. The molecule has 0 bridgehead atoms. The van der Waals surface area contributed by atoms with Gasteiger partial charge in [0.25, 0.3) is 5.91 Å². The van der Waals surface area contributed by atoms with E-state index in [9.17, 15) is 32.3 Å². The number of amides is 4. The Balaban J connectivity index is 1.13. The minimum atomic E-state index is -4.58. The molecule has 13 heteroatoms. The molecule has 0 aromatic heterocycles. The number of hydrogen-bond donors (Lipinski definition) is 2. The van der Waals surface area contributed by atoms with E-state index in [2.05, 4.69) is 10.6 Å². The van der Waals surface area contributed by atoms with Gasteiger partial charge in [-0.25, -0.2) is 4.79 Å². The number of carbonyl (C=O) groups excluding carboxylic acids is 4. The number of benzene rings is 2. The first-order valence-electron chi connectivity index (χ1n) is 13.3. The van der Waals surface area contributed by atoms with Crippen molar-refractivity contribution in [1.82, 2.24) is 25.3 Å². The standard InChI is InChI=1S/C28H32F3N5O5/c29-28(30,31)22-8-4-7-21(15-22)26(39)32-16-24(37)33-23-9-10-34(17-23)18-25(38)35-11-13-36(14-12-35)27(40)41-19-20-5-2-1-3-6-20/h1-8,15,23H,9-14,16-19H2,(H,32,39)(H,33,37)/t23-/m1/s1. The molecule has 0 radical (unpaired) electrons. The molecule has 10 nitrogen and oxygen atoms in total. The van der Waals surface area contributed by atoms with Crippen LogP contribution in [-0.4, -0.2) is 96.9 Å². The molecule has 220 valence electrons. The molecule has 4 amide bonds. The van der Waals surface area contributed by atoms with Crippen LogP contribution in [0, 0.1) is 0 Å². The Labute approximate surface area is 235 Å². The van der Waals surface area contributed by atoms with Gasteiger partial charge in [0.1, 0.15) is 6.61 Å². The maximum absolute atomic E-state index is 12.9. The van der Waals surface area contributed by atoms with E-state index in [1.54, 1.807) is 9.80 Å². The fourth-order valence-electron chi connectivity index (χ4n) is 4.71. The molecule has 0 aliphatic carbocycles. The summed E-state index contributed by atoms with van der Waals surface area (Å²) in [6.45, 7) is 2.59. The third kappa shape index (κ3) is 8.68. The number of hydrogen-bond acceptors (Lipinski definition) is 6. The van der Waals surface area contributed by atoms with Gasteiger partial charge in [-0.05, 0) is 30.2 Å². The van der Waals surface area contributed by atoms with E-state index in [0.29, 0.717) is 45.7 Å². The predicted molar refractivity (Wildman–Crippen MR) is 142 cm³/mol. The van der Waals surface area contributed by atoms with Crippen LogP contribution in [0.3, 0.4) is 0 Å². The number of alkyl halides is 3. The zero-order valence-electron chi connectivity index (χ0n) is 22.4. The van der Waals surface area contributed by atoms with Crippen molar-refractivity contribution in [2.45, 2.75) is 25.2 Å². The van der Waals surface area contributed by atoms with Crippen LogP contribution in [0.2, 0.25) is 0 Å². The molecule has 41 heavy (non-hydrogen) atoms. The molecule has 0 unspecified atom stereocenters. The lowest BCUT2D eigenvalue weighted by atomic mass is 10.1. The lowest BCUT2D eigenvalue weighted by Gasteiger charge is -2.34. The molecule has 2 N–H and O–H groups in total. The highest BCUT2D eigenvalue weighted by molar-refractivity contribution is 5.96. The first-order chi connectivity index (χ1) is 19.6. The average molecular weight is 576 g/mol. The van der Waals surface area contributed by atoms with Gasteiger partial charge >= 0.3 is 12.3 Å². The molecule has 0 spiro atoms. The Kier molecular flexibility index (Phi) is 9.82. The van der Waals surface area contributed by atoms with Crippen LogP contribution in [0.1, 0.15) is 27.9 Å². The highest BCUT2D eigenvalue weighted by atomic mass is 19.4. The first kappa shape index (κ1) is 29.8. The summed E-state index contributed by atoms with van der Waals surface area (Å²) in [6, 6.07) is 13.1. The predicted octanol–water partition coefficient (Wildman–Crippen LogP) is 2.11. The second-order valence-electron chi connectivity index (χ2n) is 9.96. The van der Waals surface area contributed by atoms with E-state index in [1.807, 2.05) is 35.2 Å². The molecule has 2 saturated heterocycles. The summed E-state index contributed by atoms with van der Waals surface area (Å²) in [5.41, 5.74) is -0.240. The lowest BCUT2D eigenvalue weighted by molar-refractivity contribution is -0.137. The quantitative estimate of drug-likeness (QED) is 0.499. The van der Waals surface area contributed by atoms with Crippen LogP contribution >= 0.6 is 0 Å². The minimum Gasteiger partial charge on any atom is -0.445 e. The van der Waals surface area contributed by atoms with E-state index in [1.165, 1.54) is 6.07 Å². The van der Waals surface area contributed by atoms with E-state index >= 15 is 0 Å². The second-order valence-corrected chi connectivity index (χ2v) is 9.96. The summed E-state index contributed by atoms with van der Waals surface area (Å²) in [5.74, 6) is -1.32. The van der Waals surface area contributed by atoms with E-state index < -0.39 is 29.6 Å². The molecule has 2 fully saturated rings. The van der Waals surface area contributed by atoms with Crippen molar-refractivity contribution in [2.75, 3.05) is 52.4 Å². The van der Waals surface area contributed by atoms with Crippen molar-refractivity contribution < 1.29 is 37.1 Å². The molecule has 1 atom stereocenters. The summed E-state index contributed by atoms with van der Waals surface area (Å²) in [4.78, 5) is 54.9. The van der Waals surface area contributed by atoms with Crippen LogP contribution in [0.5, 0.6) is 0 Å². The summed E-state index contributed by atoms with van der Waals surface area (Å²) in [6.07, 6.45) is -4.37. The summed E-state index contributed by atoms with van der Waals surface area (Å²) in [5, 5.41) is 5.12. The van der Waals surface area contributed by atoms with Crippen molar-refractivity contribution in [3.63, 3.8) is 0 Å². The lowest BCUT2D eigenvalue weighted by Crippen LogP contribution is -2.52. The van der Waals surface area contributed by atoms with E-state index in [-0.39, 0.29) is 37.2 Å². The fraction of sp³-hybridized carbons (Fsp3) is 0.429. The first-order valence-corrected chi connectivity index (χ1v) is 13.3. The largest absolute Gasteiger partial charge is 0.445 e. The van der Waals surface area contributed by atoms with Gasteiger partial charge in [-0.15, -0.1) is 0 Å². The van der Waals surface area contributed by atoms with Gasteiger partial charge in [-0.3, -0.25) is 19.3 Å². The van der Waals surface area contributed by atoms with Crippen molar-refractivity contribution in [2.24, 2.45) is 0 Å². The Morgan fingerprint density at radius 1 is 0.902 bits per heavy atom. The van der Waals surface area contributed by atoms with Gasteiger partial charge in [0, 0.05) is 50.9 Å². The van der Waals surface area contributed by atoms with Crippen LogP contribution in [0.4, 0.5) is 18.0 Å². The number of nitrogens with one attached hydrogen (secondary N) is 2. The van der Waals surface area contributed by atoms with Crippen LogP contribution in [0.15, 0.2) is 54.6 Å². The van der Waals surface area contributed by atoms with Gasteiger partial charge in [-0.1, -0.05) is 36.4 Å². The fourth-order valence-corrected chi connectivity index (χ4v) is 4.71. The maximum atomic E-state index is 12.9. The van der Waals surface area contributed by atoms with Gasteiger partial charge in [0.05, 0.1) is 18.7 Å². The maximum Gasteiger partial charge on any atom is 0.416 e. The molecule has 2 heterocycles. The molecular weight excluding hydrogens is 543 g/mol. The third-order valence-corrected chi connectivity index (χ3v) is 6.95. The van der Waals surface area contributed by atoms with Crippen LogP contribution < -0.4 is 10.6 Å². The molecule has 4 rings (SSSR count). The van der Waals surface area contributed by atoms with Gasteiger partial charge < -0.3 is 25.2 Å².